The van der Waals surface area contributed by atoms with Gasteiger partial charge in [0.25, 0.3) is 0 Å². The number of aromatic nitrogens is 1. The van der Waals surface area contributed by atoms with Gasteiger partial charge in [0.05, 0.1) is 6.54 Å². The monoisotopic (exact) mass is 467 g/mol. The van der Waals surface area contributed by atoms with E-state index in [2.05, 4.69) is 82.2 Å². The standard InChI is InChI=1S/C30H30FN3O/c1-23(20-28(24-10-4-2-5-11-24)25-12-6-3-7-13-25)34-18-16-33(17-19-34)22-26-21-30(32-35-26)27-14-8-9-15-29(27)31/h2-15,21,28H,1,16-20,22H2. The Morgan fingerprint density at radius 3 is 2.09 bits per heavy atom. The van der Waals surface area contributed by atoms with Gasteiger partial charge in [-0.1, -0.05) is 84.5 Å². The molecule has 5 rings (SSSR count). The highest BCUT2D eigenvalue weighted by Gasteiger charge is 2.23. The Balaban J connectivity index is 1.19. The molecule has 0 bridgehead atoms. The molecule has 1 fully saturated rings. The summed E-state index contributed by atoms with van der Waals surface area (Å²) in [6.45, 7) is 8.80. The van der Waals surface area contributed by atoms with Gasteiger partial charge in [-0.05, 0) is 29.7 Å². The SMILES string of the molecule is C=C(CC(c1ccccc1)c1ccccc1)N1CCN(Cc2cc(-c3ccccc3F)no2)CC1. The molecule has 0 N–H and O–H groups in total. The van der Waals surface area contributed by atoms with E-state index in [0.29, 0.717) is 17.8 Å². The number of benzene rings is 3. The van der Waals surface area contributed by atoms with Gasteiger partial charge in [-0.25, -0.2) is 4.39 Å². The minimum absolute atomic E-state index is 0.286. The third-order valence-electron chi connectivity index (χ3n) is 6.75. The highest BCUT2D eigenvalue weighted by atomic mass is 19.1. The lowest BCUT2D eigenvalue weighted by Gasteiger charge is -2.37. The molecule has 4 nitrogen and oxygen atoms in total. The van der Waals surface area contributed by atoms with Crippen LogP contribution in [0.4, 0.5) is 4.39 Å². The van der Waals surface area contributed by atoms with Crippen LogP contribution in [0.15, 0.2) is 108 Å². The number of hydrogen-bond donors (Lipinski definition) is 0. The van der Waals surface area contributed by atoms with Crippen LogP contribution in [0.1, 0.15) is 29.2 Å². The van der Waals surface area contributed by atoms with E-state index in [1.807, 2.05) is 6.07 Å². The number of rotatable bonds is 8. The van der Waals surface area contributed by atoms with Gasteiger partial charge in [0.15, 0.2) is 5.76 Å². The van der Waals surface area contributed by atoms with Crippen molar-refractivity contribution in [3.63, 3.8) is 0 Å². The normalized spacial score (nSPS) is 14.4. The molecule has 3 aromatic carbocycles. The van der Waals surface area contributed by atoms with Crippen LogP contribution >= 0.6 is 0 Å². The zero-order valence-electron chi connectivity index (χ0n) is 19.8. The Morgan fingerprint density at radius 2 is 1.46 bits per heavy atom. The summed E-state index contributed by atoms with van der Waals surface area (Å²) in [5.74, 6) is 0.751. The summed E-state index contributed by atoms with van der Waals surface area (Å²) in [6.07, 6.45) is 0.891. The summed E-state index contributed by atoms with van der Waals surface area (Å²) >= 11 is 0. The second kappa shape index (κ2) is 10.7. The van der Waals surface area contributed by atoms with Crippen molar-refractivity contribution in [1.82, 2.24) is 15.0 Å². The summed E-state index contributed by atoms with van der Waals surface area (Å²) in [6, 6.07) is 29.8. The number of piperazine rings is 1. The maximum atomic E-state index is 14.1. The van der Waals surface area contributed by atoms with E-state index >= 15 is 0 Å². The molecule has 1 aromatic heterocycles. The molecule has 0 radical (unpaired) electrons. The Labute approximate surface area is 206 Å². The average Bonchev–Trinajstić information content (AvgIpc) is 3.37. The van der Waals surface area contributed by atoms with Gasteiger partial charge in [0.2, 0.25) is 0 Å². The molecule has 5 heteroatoms. The van der Waals surface area contributed by atoms with Gasteiger partial charge in [0, 0.05) is 49.4 Å². The maximum Gasteiger partial charge on any atom is 0.151 e. The molecule has 1 saturated heterocycles. The summed E-state index contributed by atoms with van der Waals surface area (Å²) in [7, 11) is 0. The third-order valence-corrected chi connectivity index (χ3v) is 6.75. The fourth-order valence-corrected chi connectivity index (χ4v) is 4.79. The van der Waals surface area contributed by atoms with Gasteiger partial charge in [-0.3, -0.25) is 4.90 Å². The lowest BCUT2D eigenvalue weighted by Crippen LogP contribution is -2.45. The average molecular weight is 468 g/mol. The third kappa shape index (κ3) is 5.52. The lowest BCUT2D eigenvalue weighted by molar-refractivity contribution is 0.138. The second-order valence-corrected chi connectivity index (χ2v) is 9.07. The first kappa shape index (κ1) is 23.1. The van der Waals surface area contributed by atoms with Crippen LogP contribution in [-0.4, -0.2) is 41.1 Å². The molecule has 0 spiro atoms. The predicted molar refractivity (Wildman–Crippen MR) is 137 cm³/mol. The first-order chi connectivity index (χ1) is 17.2. The highest BCUT2D eigenvalue weighted by molar-refractivity contribution is 5.59. The Hall–Kier alpha value is -3.70. The number of allylic oxidation sites excluding steroid dienone is 1. The van der Waals surface area contributed by atoms with Gasteiger partial charge in [0.1, 0.15) is 11.5 Å². The van der Waals surface area contributed by atoms with E-state index < -0.39 is 0 Å². The zero-order chi connectivity index (χ0) is 24.0. The van der Waals surface area contributed by atoms with E-state index in [-0.39, 0.29) is 11.7 Å². The predicted octanol–water partition coefficient (Wildman–Crippen LogP) is 6.33. The van der Waals surface area contributed by atoms with Gasteiger partial charge < -0.3 is 9.42 Å². The van der Waals surface area contributed by atoms with Crippen molar-refractivity contribution in [2.45, 2.75) is 18.9 Å². The first-order valence-electron chi connectivity index (χ1n) is 12.1. The topological polar surface area (TPSA) is 32.5 Å². The smallest absolute Gasteiger partial charge is 0.151 e. The summed E-state index contributed by atoms with van der Waals surface area (Å²) in [5, 5.41) is 4.08. The van der Waals surface area contributed by atoms with Gasteiger partial charge in [-0.15, -0.1) is 0 Å². The zero-order valence-corrected chi connectivity index (χ0v) is 19.8. The first-order valence-corrected chi connectivity index (χ1v) is 12.1. The Bertz CT molecular complexity index is 1210. The van der Waals surface area contributed by atoms with E-state index in [9.17, 15) is 4.39 Å². The Morgan fingerprint density at radius 1 is 0.857 bits per heavy atom. The molecule has 2 heterocycles. The molecular weight excluding hydrogens is 437 g/mol. The summed E-state index contributed by atoms with van der Waals surface area (Å²) in [5.41, 5.74) is 4.81. The quantitative estimate of drug-likeness (QED) is 0.303. The van der Waals surface area contributed by atoms with Crippen LogP contribution in [0.2, 0.25) is 0 Å². The summed E-state index contributed by atoms with van der Waals surface area (Å²) < 4.78 is 19.6. The van der Waals surface area contributed by atoms with Crippen LogP contribution in [0.25, 0.3) is 11.3 Å². The van der Waals surface area contributed by atoms with Crippen molar-refractivity contribution in [2.75, 3.05) is 26.2 Å². The molecule has 1 aliphatic rings. The molecule has 4 aromatic rings. The molecular formula is C30H30FN3O. The molecule has 0 unspecified atom stereocenters. The number of nitrogens with zero attached hydrogens (tertiary/aromatic N) is 3. The molecule has 0 aliphatic carbocycles. The van der Waals surface area contributed by atoms with Crippen molar-refractivity contribution < 1.29 is 8.91 Å². The maximum absolute atomic E-state index is 14.1. The van der Waals surface area contributed by atoms with E-state index in [0.717, 1.165) is 38.4 Å². The fraction of sp³-hybridized carbons (Fsp3) is 0.233. The molecule has 178 valence electrons. The van der Waals surface area contributed by atoms with Crippen LogP contribution in [-0.2, 0) is 6.54 Å². The van der Waals surface area contributed by atoms with Gasteiger partial charge >= 0.3 is 0 Å². The van der Waals surface area contributed by atoms with Gasteiger partial charge in [-0.2, -0.15) is 0 Å². The van der Waals surface area contributed by atoms with Crippen molar-refractivity contribution >= 4 is 0 Å². The molecule has 0 saturated carbocycles. The lowest BCUT2D eigenvalue weighted by atomic mass is 9.87. The molecule has 35 heavy (non-hydrogen) atoms. The molecule has 0 amide bonds. The second-order valence-electron chi connectivity index (χ2n) is 9.07. The van der Waals surface area contributed by atoms with Crippen LogP contribution in [0.5, 0.6) is 0 Å². The van der Waals surface area contributed by atoms with Crippen molar-refractivity contribution in [1.29, 1.82) is 0 Å². The molecule has 1 aliphatic heterocycles. The molecule has 0 atom stereocenters. The van der Waals surface area contributed by atoms with Crippen molar-refractivity contribution in [3.05, 3.63) is 126 Å². The van der Waals surface area contributed by atoms with Crippen LogP contribution in [0.3, 0.4) is 0 Å². The number of hydrogen-bond acceptors (Lipinski definition) is 4. The Kier molecular flexibility index (Phi) is 7.05. The van der Waals surface area contributed by atoms with Crippen LogP contribution < -0.4 is 0 Å². The minimum atomic E-state index is -0.288. The van der Waals surface area contributed by atoms with Crippen molar-refractivity contribution in [3.8, 4) is 11.3 Å². The minimum Gasteiger partial charge on any atom is -0.373 e. The largest absolute Gasteiger partial charge is 0.373 e. The van der Waals surface area contributed by atoms with E-state index in [4.69, 9.17) is 4.52 Å². The number of halogens is 1. The fourth-order valence-electron chi connectivity index (χ4n) is 4.79. The van der Waals surface area contributed by atoms with Crippen LogP contribution in [0, 0.1) is 5.82 Å². The van der Waals surface area contributed by atoms with Crippen molar-refractivity contribution in [2.24, 2.45) is 0 Å². The highest BCUT2D eigenvalue weighted by Crippen LogP contribution is 2.32. The summed E-state index contributed by atoms with van der Waals surface area (Å²) in [4.78, 5) is 4.75. The van der Waals surface area contributed by atoms with E-state index in [1.54, 1.807) is 18.2 Å². The van der Waals surface area contributed by atoms with E-state index in [1.165, 1.54) is 22.9 Å².